The Kier molecular flexibility index (Phi) is 3.32. The minimum atomic E-state index is -0.444. The van der Waals surface area contributed by atoms with Crippen molar-refractivity contribution >= 4 is 28.2 Å². The Morgan fingerprint density at radius 1 is 1.22 bits per heavy atom. The highest BCUT2D eigenvalue weighted by Crippen LogP contribution is 2.35. The highest BCUT2D eigenvalue weighted by Gasteiger charge is 2.26. The number of H-pyrrole nitrogens is 1. The number of nitrogens with zero attached hydrogens (tertiary/aromatic N) is 1. The molecule has 0 spiro atoms. The van der Waals surface area contributed by atoms with Crippen LogP contribution in [-0.4, -0.2) is 16.5 Å². The number of para-hydroxylation sites is 1. The summed E-state index contributed by atoms with van der Waals surface area (Å²) in [4.78, 5) is 14.2. The lowest BCUT2D eigenvalue weighted by Gasteiger charge is -2.24. The van der Waals surface area contributed by atoms with Crippen molar-refractivity contribution in [1.82, 2.24) is 10.3 Å². The van der Waals surface area contributed by atoms with Crippen molar-refractivity contribution in [2.24, 2.45) is 0 Å². The van der Waals surface area contributed by atoms with Gasteiger partial charge in [0.1, 0.15) is 5.02 Å². The van der Waals surface area contributed by atoms with E-state index in [4.69, 9.17) is 11.6 Å². The summed E-state index contributed by atoms with van der Waals surface area (Å²) in [7, 11) is 0. The van der Waals surface area contributed by atoms with Crippen LogP contribution in [0, 0.1) is 10.1 Å². The molecule has 1 atom stereocenters. The molecule has 1 aliphatic rings. The van der Waals surface area contributed by atoms with Crippen LogP contribution in [-0.2, 0) is 6.42 Å². The highest BCUT2D eigenvalue weighted by atomic mass is 35.5. The lowest BCUT2D eigenvalue weighted by Crippen LogP contribution is -2.30. The maximum atomic E-state index is 11.1. The Bertz CT molecular complexity index is 919. The molecule has 116 valence electrons. The van der Waals surface area contributed by atoms with Crippen molar-refractivity contribution in [2.75, 3.05) is 6.54 Å². The lowest BCUT2D eigenvalue weighted by atomic mass is 9.94. The number of hydrogen-bond acceptors (Lipinski definition) is 3. The number of nitrogens with one attached hydrogen (secondary N) is 2. The van der Waals surface area contributed by atoms with Gasteiger partial charge in [0.05, 0.1) is 11.0 Å². The summed E-state index contributed by atoms with van der Waals surface area (Å²) < 4.78 is 0. The molecule has 2 N–H and O–H groups in total. The Balaban J connectivity index is 1.86. The summed E-state index contributed by atoms with van der Waals surface area (Å²) in [5.74, 6) is 0. The second kappa shape index (κ2) is 5.37. The number of nitro groups is 1. The molecule has 0 saturated heterocycles. The van der Waals surface area contributed by atoms with Gasteiger partial charge in [0, 0.05) is 29.2 Å². The molecule has 0 bridgehead atoms. The number of aromatic nitrogens is 1. The SMILES string of the molecule is O=[N+]([O-])c1cc([C@@H]2NCCc3c2[nH]c2ccccc32)ccc1Cl. The van der Waals surface area contributed by atoms with E-state index in [1.165, 1.54) is 10.9 Å². The molecular weight excluding hydrogens is 314 g/mol. The van der Waals surface area contributed by atoms with Gasteiger partial charge in [-0.3, -0.25) is 10.1 Å². The van der Waals surface area contributed by atoms with Crippen molar-refractivity contribution in [3.05, 3.63) is 74.4 Å². The fourth-order valence-electron chi connectivity index (χ4n) is 3.31. The second-order valence-corrected chi connectivity index (χ2v) is 6.08. The van der Waals surface area contributed by atoms with E-state index in [-0.39, 0.29) is 16.8 Å². The molecular formula is C17H14ClN3O2. The van der Waals surface area contributed by atoms with Gasteiger partial charge in [0.15, 0.2) is 0 Å². The number of halogens is 1. The molecule has 2 aromatic carbocycles. The predicted molar refractivity (Wildman–Crippen MR) is 90.0 cm³/mol. The van der Waals surface area contributed by atoms with E-state index in [0.29, 0.717) is 0 Å². The van der Waals surface area contributed by atoms with Crippen molar-refractivity contribution in [1.29, 1.82) is 0 Å². The van der Waals surface area contributed by atoms with Crippen LogP contribution in [0.5, 0.6) is 0 Å². The predicted octanol–water partition coefficient (Wildman–Crippen LogP) is 3.96. The molecule has 6 heteroatoms. The molecule has 0 aliphatic carbocycles. The minimum absolute atomic E-state index is 0.0609. The summed E-state index contributed by atoms with van der Waals surface area (Å²) in [6.45, 7) is 0.829. The number of benzene rings is 2. The number of aromatic amines is 1. The van der Waals surface area contributed by atoms with Gasteiger partial charge in [-0.05, 0) is 29.7 Å². The van der Waals surface area contributed by atoms with Crippen molar-refractivity contribution in [3.63, 3.8) is 0 Å². The van der Waals surface area contributed by atoms with Gasteiger partial charge in [-0.1, -0.05) is 35.9 Å². The molecule has 0 fully saturated rings. The van der Waals surface area contributed by atoms with Crippen LogP contribution in [0.25, 0.3) is 10.9 Å². The quantitative estimate of drug-likeness (QED) is 0.552. The Morgan fingerprint density at radius 2 is 2.04 bits per heavy atom. The van der Waals surface area contributed by atoms with Gasteiger partial charge in [0.2, 0.25) is 0 Å². The highest BCUT2D eigenvalue weighted by molar-refractivity contribution is 6.32. The molecule has 0 saturated carbocycles. The maximum Gasteiger partial charge on any atom is 0.288 e. The maximum absolute atomic E-state index is 11.1. The third kappa shape index (κ3) is 2.29. The number of rotatable bonds is 2. The number of fused-ring (bicyclic) bond motifs is 3. The lowest BCUT2D eigenvalue weighted by molar-refractivity contribution is -0.384. The number of hydrogen-bond donors (Lipinski definition) is 2. The Hall–Kier alpha value is -2.37. The first kappa shape index (κ1) is 14.2. The summed E-state index contributed by atoms with van der Waals surface area (Å²) in [5, 5.41) is 16.0. The molecule has 23 heavy (non-hydrogen) atoms. The third-order valence-electron chi connectivity index (χ3n) is 4.36. The molecule has 4 rings (SSSR count). The van der Waals surface area contributed by atoms with Crippen molar-refractivity contribution in [3.8, 4) is 0 Å². The summed E-state index contributed by atoms with van der Waals surface area (Å²) in [6, 6.07) is 13.1. The van der Waals surface area contributed by atoms with Crippen LogP contribution in [0.1, 0.15) is 22.9 Å². The van der Waals surface area contributed by atoms with Crippen LogP contribution in [0.2, 0.25) is 5.02 Å². The van der Waals surface area contributed by atoms with Crippen LogP contribution in [0.3, 0.4) is 0 Å². The molecule has 1 aromatic heterocycles. The molecule has 0 amide bonds. The first-order valence-electron chi connectivity index (χ1n) is 7.42. The van der Waals surface area contributed by atoms with Gasteiger partial charge >= 0.3 is 0 Å². The van der Waals surface area contributed by atoms with Gasteiger partial charge in [0.25, 0.3) is 5.69 Å². The molecule has 0 unspecified atom stereocenters. The molecule has 2 heterocycles. The zero-order valence-corrected chi connectivity index (χ0v) is 12.9. The molecule has 5 nitrogen and oxygen atoms in total. The topological polar surface area (TPSA) is 71.0 Å². The van der Waals surface area contributed by atoms with E-state index in [0.717, 1.165) is 29.7 Å². The molecule has 1 aliphatic heterocycles. The first-order valence-corrected chi connectivity index (χ1v) is 7.79. The summed E-state index contributed by atoms with van der Waals surface area (Å²) in [5.41, 5.74) is 4.23. The van der Waals surface area contributed by atoms with Crippen molar-refractivity contribution < 1.29 is 4.92 Å². The van der Waals surface area contributed by atoms with E-state index in [1.807, 2.05) is 18.2 Å². The zero-order chi connectivity index (χ0) is 16.0. The van der Waals surface area contributed by atoms with Gasteiger partial charge in [-0.2, -0.15) is 0 Å². The van der Waals surface area contributed by atoms with E-state index in [1.54, 1.807) is 12.1 Å². The number of nitro benzene ring substituents is 1. The van der Waals surface area contributed by atoms with E-state index in [2.05, 4.69) is 22.4 Å². The van der Waals surface area contributed by atoms with Crippen molar-refractivity contribution in [2.45, 2.75) is 12.5 Å². The van der Waals surface area contributed by atoms with Crippen LogP contribution in [0.15, 0.2) is 42.5 Å². The van der Waals surface area contributed by atoms with E-state index >= 15 is 0 Å². The van der Waals surface area contributed by atoms with E-state index < -0.39 is 4.92 Å². The average Bonchev–Trinajstić information content (AvgIpc) is 2.94. The second-order valence-electron chi connectivity index (χ2n) is 5.67. The smallest absolute Gasteiger partial charge is 0.288 e. The summed E-state index contributed by atoms with van der Waals surface area (Å²) >= 11 is 5.92. The van der Waals surface area contributed by atoms with Crippen LogP contribution in [0.4, 0.5) is 5.69 Å². The third-order valence-corrected chi connectivity index (χ3v) is 4.68. The molecule has 3 aromatic rings. The van der Waals surface area contributed by atoms with Gasteiger partial charge < -0.3 is 10.3 Å². The zero-order valence-electron chi connectivity index (χ0n) is 12.2. The monoisotopic (exact) mass is 327 g/mol. The van der Waals surface area contributed by atoms with Crippen LogP contribution >= 0.6 is 11.6 Å². The normalized spacial score (nSPS) is 17.2. The average molecular weight is 328 g/mol. The van der Waals surface area contributed by atoms with Gasteiger partial charge in [-0.15, -0.1) is 0 Å². The Labute approximate surface area is 137 Å². The summed E-state index contributed by atoms with van der Waals surface area (Å²) in [6.07, 6.45) is 0.936. The van der Waals surface area contributed by atoms with E-state index in [9.17, 15) is 10.1 Å². The van der Waals surface area contributed by atoms with Gasteiger partial charge in [-0.25, -0.2) is 0 Å². The van der Waals surface area contributed by atoms with Crippen LogP contribution < -0.4 is 5.32 Å². The first-order chi connectivity index (χ1) is 11.1. The minimum Gasteiger partial charge on any atom is -0.357 e. The Morgan fingerprint density at radius 3 is 2.87 bits per heavy atom. The fourth-order valence-corrected chi connectivity index (χ4v) is 3.50. The largest absolute Gasteiger partial charge is 0.357 e. The molecule has 0 radical (unpaired) electrons. The standard InChI is InChI=1S/C17H14ClN3O2/c18-13-6-5-10(9-15(13)21(22)23)16-17-12(7-8-19-16)11-3-1-2-4-14(11)20-17/h1-6,9,16,19-20H,7-8H2/t16-/m0/s1. The fraction of sp³-hybridized carbons (Fsp3) is 0.176.